The average molecular weight is 576 g/mol. The van der Waals surface area contributed by atoms with Gasteiger partial charge in [-0.15, -0.1) is 0 Å². The smallest absolute Gasteiger partial charge is 0.337 e. The number of anilines is 1. The summed E-state index contributed by atoms with van der Waals surface area (Å²) in [6.07, 6.45) is 1.42. The van der Waals surface area contributed by atoms with Crippen LogP contribution in [0, 0.1) is 5.92 Å². The van der Waals surface area contributed by atoms with Gasteiger partial charge < -0.3 is 26.0 Å². The molecule has 2 aromatic rings. The fourth-order valence-electron chi connectivity index (χ4n) is 4.37. The standard InChI is InChI=1S/C27H34ClN5O7/c1-3-4-22(16-5-7-20(26(36)37)21(29)13-16)31-27(38)33-15-24(32-40-10-9-34)30-14-18(25(33)35)11-17-12-19(28)6-8-23(17)39-2/h5-8,12-13,18,22,34H,3-4,9-11,14-15,29H2,1-2H3,(H,30,32)(H,31,38)(H,36,37). The number of aliphatic imine (C=N–C) groups is 1. The lowest BCUT2D eigenvalue weighted by atomic mass is 9.97. The number of nitrogens with two attached hydrogens (primary N) is 1. The van der Waals surface area contributed by atoms with Crippen molar-refractivity contribution in [2.45, 2.75) is 32.2 Å². The lowest BCUT2D eigenvalue weighted by molar-refractivity contribution is -0.131. The predicted molar refractivity (Wildman–Crippen MR) is 149 cm³/mol. The number of aromatic carboxylic acids is 1. The number of halogens is 1. The number of amides is 3. The summed E-state index contributed by atoms with van der Waals surface area (Å²) >= 11 is 6.19. The van der Waals surface area contributed by atoms with Gasteiger partial charge in [0.1, 0.15) is 11.6 Å². The fourth-order valence-corrected chi connectivity index (χ4v) is 4.56. The molecule has 3 rings (SSSR count). The fraction of sp³-hybridized carbons (Fsp3) is 0.407. The molecule has 1 aliphatic rings. The third-order valence-electron chi connectivity index (χ3n) is 6.35. The first-order chi connectivity index (χ1) is 19.2. The Hall–Kier alpha value is -3.87. The van der Waals surface area contributed by atoms with Gasteiger partial charge in [0, 0.05) is 10.7 Å². The molecule has 1 heterocycles. The number of rotatable bonds is 11. The largest absolute Gasteiger partial charge is 0.496 e. The van der Waals surface area contributed by atoms with E-state index in [1.54, 1.807) is 24.3 Å². The van der Waals surface area contributed by atoms with E-state index in [0.29, 0.717) is 34.7 Å². The van der Waals surface area contributed by atoms with Crippen molar-refractivity contribution in [2.75, 3.05) is 39.1 Å². The number of nitrogens with zero attached hydrogens (tertiary/aromatic N) is 2. The molecule has 0 saturated carbocycles. The molecule has 216 valence electrons. The number of hydrogen-bond donors (Lipinski definition) is 5. The molecular weight excluding hydrogens is 542 g/mol. The van der Waals surface area contributed by atoms with Crippen LogP contribution in [0.1, 0.15) is 47.3 Å². The van der Waals surface area contributed by atoms with Crippen LogP contribution >= 0.6 is 11.6 Å². The van der Waals surface area contributed by atoms with E-state index in [4.69, 9.17) is 32.0 Å². The van der Waals surface area contributed by atoms with Gasteiger partial charge in [0.15, 0.2) is 0 Å². The molecular formula is C27H34ClN5O7. The maximum Gasteiger partial charge on any atom is 0.337 e. The van der Waals surface area contributed by atoms with Crippen LogP contribution < -0.4 is 21.3 Å². The molecule has 1 aliphatic heterocycles. The lowest BCUT2D eigenvalue weighted by Gasteiger charge is -2.27. The van der Waals surface area contributed by atoms with Crippen molar-refractivity contribution < 1.29 is 34.2 Å². The SMILES string of the molecule is CCCC(NC(=O)N1CC(NOCCO)=NCC(Cc2cc(Cl)ccc2OC)C1=O)c1ccc(C(=O)O)c(N)c1. The Morgan fingerprint density at radius 1 is 1.27 bits per heavy atom. The van der Waals surface area contributed by atoms with Crippen LogP contribution in [0.2, 0.25) is 5.02 Å². The van der Waals surface area contributed by atoms with Gasteiger partial charge in [-0.2, -0.15) is 0 Å². The summed E-state index contributed by atoms with van der Waals surface area (Å²) in [5, 5.41) is 21.7. The first-order valence-electron chi connectivity index (χ1n) is 12.8. The number of aliphatic hydroxyl groups is 1. The van der Waals surface area contributed by atoms with Gasteiger partial charge in [-0.05, 0) is 54.3 Å². The van der Waals surface area contributed by atoms with Gasteiger partial charge in [-0.1, -0.05) is 31.0 Å². The number of imide groups is 1. The van der Waals surface area contributed by atoms with Crippen molar-refractivity contribution in [3.8, 4) is 5.75 Å². The van der Waals surface area contributed by atoms with E-state index in [1.807, 2.05) is 6.92 Å². The average Bonchev–Trinajstić information content (AvgIpc) is 3.07. The summed E-state index contributed by atoms with van der Waals surface area (Å²) in [6, 6.07) is 8.39. The first kappa shape index (κ1) is 30.7. The molecule has 0 spiro atoms. The summed E-state index contributed by atoms with van der Waals surface area (Å²) in [7, 11) is 1.52. The highest BCUT2D eigenvalue weighted by atomic mass is 35.5. The van der Waals surface area contributed by atoms with Crippen LogP contribution in [-0.2, 0) is 16.1 Å². The Morgan fingerprint density at radius 2 is 2.05 bits per heavy atom. The molecule has 3 amide bonds. The number of benzene rings is 2. The second-order valence-corrected chi connectivity index (χ2v) is 9.62. The summed E-state index contributed by atoms with van der Waals surface area (Å²) in [5.41, 5.74) is 9.89. The summed E-state index contributed by atoms with van der Waals surface area (Å²) in [4.78, 5) is 49.4. The van der Waals surface area contributed by atoms with Crippen molar-refractivity contribution >= 4 is 41.0 Å². The zero-order valence-corrected chi connectivity index (χ0v) is 23.1. The van der Waals surface area contributed by atoms with Crippen LogP contribution in [-0.4, -0.2) is 72.3 Å². The predicted octanol–water partition coefficient (Wildman–Crippen LogP) is 2.79. The summed E-state index contributed by atoms with van der Waals surface area (Å²) in [6.45, 7) is 1.55. The van der Waals surface area contributed by atoms with Crippen molar-refractivity contribution in [3.05, 3.63) is 58.1 Å². The van der Waals surface area contributed by atoms with Crippen LogP contribution in [0.3, 0.4) is 0 Å². The highest BCUT2D eigenvalue weighted by Crippen LogP contribution is 2.28. The third-order valence-corrected chi connectivity index (χ3v) is 6.58. The number of ether oxygens (including phenoxy) is 1. The normalized spacial score (nSPS) is 16.1. The van der Waals surface area contributed by atoms with E-state index in [2.05, 4.69) is 15.8 Å². The maximum absolute atomic E-state index is 13.7. The van der Waals surface area contributed by atoms with E-state index in [1.165, 1.54) is 19.2 Å². The molecule has 0 bridgehead atoms. The minimum atomic E-state index is -1.15. The number of nitrogen functional groups attached to an aromatic ring is 1. The second-order valence-electron chi connectivity index (χ2n) is 9.19. The molecule has 40 heavy (non-hydrogen) atoms. The molecule has 6 N–H and O–H groups in total. The van der Waals surface area contributed by atoms with Gasteiger partial charge >= 0.3 is 12.0 Å². The number of carbonyl (C=O) groups is 3. The minimum absolute atomic E-state index is 0.0192. The Balaban J connectivity index is 1.89. The monoisotopic (exact) mass is 575 g/mol. The van der Waals surface area contributed by atoms with Crippen LogP contribution in [0.25, 0.3) is 0 Å². The highest BCUT2D eigenvalue weighted by molar-refractivity contribution is 6.30. The van der Waals surface area contributed by atoms with Gasteiger partial charge in [0.25, 0.3) is 0 Å². The number of carboxylic acids is 1. The maximum atomic E-state index is 13.7. The Kier molecular flexibility index (Phi) is 11.1. The van der Waals surface area contributed by atoms with Gasteiger partial charge in [0.05, 0.1) is 50.9 Å². The third kappa shape index (κ3) is 7.84. The molecule has 13 heteroatoms. The van der Waals surface area contributed by atoms with E-state index in [0.717, 1.165) is 4.90 Å². The molecule has 2 atom stereocenters. The number of hydroxylamine groups is 1. The zero-order chi connectivity index (χ0) is 29.2. The molecule has 0 fully saturated rings. The first-order valence-corrected chi connectivity index (χ1v) is 13.1. The molecule has 2 aromatic carbocycles. The van der Waals surface area contributed by atoms with Gasteiger partial charge in [0.2, 0.25) is 5.91 Å². The summed E-state index contributed by atoms with van der Waals surface area (Å²) in [5.74, 6) is -1.54. The van der Waals surface area contributed by atoms with Crippen molar-refractivity contribution in [1.29, 1.82) is 0 Å². The van der Waals surface area contributed by atoms with Crippen LogP contribution in [0.4, 0.5) is 10.5 Å². The number of hydrogen-bond acceptors (Lipinski definition) is 9. The van der Waals surface area contributed by atoms with Gasteiger partial charge in [-0.3, -0.25) is 25.0 Å². The number of carboxylic acid groups (broad SMARTS) is 1. The Bertz CT molecular complexity index is 1260. The molecule has 0 aromatic heterocycles. The number of methoxy groups -OCH3 is 1. The highest BCUT2D eigenvalue weighted by Gasteiger charge is 2.34. The van der Waals surface area contributed by atoms with E-state index in [9.17, 15) is 19.5 Å². The summed E-state index contributed by atoms with van der Waals surface area (Å²) < 4.78 is 5.43. The lowest BCUT2D eigenvalue weighted by Crippen LogP contribution is -2.50. The number of urea groups is 1. The molecule has 0 aliphatic carbocycles. The van der Waals surface area contributed by atoms with E-state index < -0.39 is 29.9 Å². The number of carbonyl (C=O) groups excluding carboxylic acids is 2. The second kappa shape index (κ2) is 14.5. The molecule has 2 unspecified atom stereocenters. The van der Waals surface area contributed by atoms with Crippen LogP contribution in [0.5, 0.6) is 5.75 Å². The van der Waals surface area contributed by atoms with E-state index >= 15 is 0 Å². The zero-order valence-electron chi connectivity index (χ0n) is 22.4. The molecule has 0 radical (unpaired) electrons. The topological polar surface area (TPSA) is 176 Å². The Labute approximate surface area is 237 Å². The molecule has 0 saturated heterocycles. The molecule has 12 nitrogen and oxygen atoms in total. The minimum Gasteiger partial charge on any atom is -0.496 e. The number of aliphatic hydroxyl groups excluding tert-OH is 1. The van der Waals surface area contributed by atoms with Gasteiger partial charge in [-0.25, -0.2) is 9.59 Å². The number of nitrogens with one attached hydrogen (secondary N) is 2. The van der Waals surface area contributed by atoms with Crippen molar-refractivity contribution in [2.24, 2.45) is 10.9 Å². The van der Waals surface area contributed by atoms with Crippen molar-refractivity contribution in [3.63, 3.8) is 0 Å². The quantitative estimate of drug-likeness (QED) is 0.153. The van der Waals surface area contributed by atoms with E-state index in [-0.39, 0.29) is 49.8 Å². The number of amidine groups is 1. The van der Waals surface area contributed by atoms with Crippen LogP contribution in [0.15, 0.2) is 41.4 Å². The van der Waals surface area contributed by atoms with Crippen molar-refractivity contribution in [1.82, 2.24) is 15.7 Å². The Morgan fingerprint density at radius 3 is 2.70 bits per heavy atom.